The lowest BCUT2D eigenvalue weighted by molar-refractivity contribution is 0.287. The molecule has 1 aliphatic heterocycles. The number of ether oxygens (including phenoxy) is 3. The SMILES string of the molecule is CCOc1ccc(C2C(C#N)=C(N)Oc3cc(C)n(Cc4ccncc4)c(=O)c32)cc1OCC. The minimum atomic E-state index is -0.708. The van der Waals surface area contributed by atoms with Crippen molar-refractivity contribution in [3.63, 3.8) is 0 Å². The number of nitrogens with zero attached hydrogens (tertiary/aromatic N) is 3. The fourth-order valence-corrected chi connectivity index (χ4v) is 4.13. The largest absolute Gasteiger partial charge is 0.490 e. The number of hydrogen-bond acceptors (Lipinski definition) is 7. The van der Waals surface area contributed by atoms with Gasteiger partial charge in [0.25, 0.3) is 5.56 Å². The molecule has 1 aromatic carbocycles. The fraction of sp³-hybridized carbons (Fsp3) is 0.269. The maximum Gasteiger partial charge on any atom is 0.259 e. The molecule has 0 aliphatic carbocycles. The standard InChI is InChI=1S/C26H26N4O4/c1-4-32-20-7-6-18(13-21(20)33-5-2)23-19(14-27)25(28)34-22-12-16(3)30(26(31)24(22)23)15-17-8-10-29-11-9-17/h6-13,23H,4-5,15,28H2,1-3H3. The van der Waals surface area contributed by atoms with Gasteiger partial charge in [0, 0.05) is 24.2 Å². The molecule has 2 aromatic heterocycles. The van der Waals surface area contributed by atoms with Crippen LogP contribution < -0.4 is 25.5 Å². The summed E-state index contributed by atoms with van der Waals surface area (Å²) in [6.07, 6.45) is 3.37. The first kappa shape index (κ1) is 22.9. The number of aryl methyl sites for hydroxylation is 1. The van der Waals surface area contributed by atoms with Crippen LogP contribution in [0.2, 0.25) is 0 Å². The second kappa shape index (κ2) is 9.71. The number of benzene rings is 1. The number of fused-ring (bicyclic) bond motifs is 1. The highest BCUT2D eigenvalue weighted by Crippen LogP contribution is 2.42. The summed E-state index contributed by atoms with van der Waals surface area (Å²) in [6, 6.07) is 13.1. The van der Waals surface area contributed by atoms with Gasteiger partial charge in [-0.3, -0.25) is 9.78 Å². The second-order valence-corrected chi connectivity index (χ2v) is 7.81. The normalized spacial score (nSPS) is 14.7. The molecule has 0 saturated heterocycles. The molecule has 8 nitrogen and oxygen atoms in total. The molecule has 3 aromatic rings. The maximum atomic E-state index is 13.8. The zero-order chi connectivity index (χ0) is 24.2. The van der Waals surface area contributed by atoms with Gasteiger partial charge < -0.3 is 24.5 Å². The zero-order valence-electron chi connectivity index (χ0n) is 19.4. The van der Waals surface area contributed by atoms with E-state index in [1.165, 1.54) is 0 Å². The maximum absolute atomic E-state index is 13.8. The van der Waals surface area contributed by atoms with Crippen LogP contribution in [-0.4, -0.2) is 22.8 Å². The van der Waals surface area contributed by atoms with Gasteiger partial charge in [0.05, 0.1) is 31.2 Å². The Labute approximate surface area is 197 Å². The molecule has 1 atom stereocenters. The minimum absolute atomic E-state index is 0.0162. The topological polar surface area (TPSA) is 112 Å². The van der Waals surface area contributed by atoms with E-state index in [2.05, 4.69) is 11.1 Å². The number of allylic oxidation sites excluding steroid dienone is 1. The third-order valence-electron chi connectivity index (χ3n) is 5.68. The monoisotopic (exact) mass is 458 g/mol. The highest BCUT2D eigenvalue weighted by Gasteiger charge is 2.35. The average Bonchev–Trinajstić information content (AvgIpc) is 2.83. The first-order valence-electron chi connectivity index (χ1n) is 11.1. The average molecular weight is 459 g/mol. The minimum Gasteiger partial charge on any atom is -0.490 e. The lowest BCUT2D eigenvalue weighted by Crippen LogP contribution is -2.33. The summed E-state index contributed by atoms with van der Waals surface area (Å²) in [5.41, 5.74) is 8.76. The zero-order valence-corrected chi connectivity index (χ0v) is 19.4. The van der Waals surface area contributed by atoms with E-state index in [-0.39, 0.29) is 17.0 Å². The predicted octanol–water partition coefficient (Wildman–Crippen LogP) is 3.62. The highest BCUT2D eigenvalue weighted by molar-refractivity contribution is 5.57. The summed E-state index contributed by atoms with van der Waals surface area (Å²) < 4.78 is 18.9. The van der Waals surface area contributed by atoms with Gasteiger partial charge in [0.1, 0.15) is 17.4 Å². The van der Waals surface area contributed by atoms with E-state index in [0.29, 0.717) is 53.8 Å². The predicted molar refractivity (Wildman–Crippen MR) is 127 cm³/mol. The molecule has 0 fully saturated rings. The van der Waals surface area contributed by atoms with E-state index in [1.54, 1.807) is 35.2 Å². The molecule has 2 N–H and O–H groups in total. The number of rotatable bonds is 7. The Balaban J connectivity index is 1.91. The van der Waals surface area contributed by atoms with Crippen LogP contribution in [0.5, 0.6) is 17.2 Å². The van der Waals surface area contributed by atoms with Crippen LogP contribution in [0, 0.1) is 18.3 Å². The quantitative estimate of drug-likeness (QED) is 0.575. The van der Waals surface area contributed by atoms with Crippen LogP contribution >= 0.6 is 0 Å². The van der Waals surface area contributed by atoms with Gasteiger partial charge in [-0.1, -0.05) is 6.07 Å². The molecule has 0 radical (unpaired) electrons. The molecule has 3 heterocycles. The second-order valence-electron chi connectivity index (χ2n) is 7.81. The molecular formula is C26H26N4O4. The molecule has 8 heteroatoms. The van der Waals surface area contributed by atoms with Gasteiger partial charge in [-0.25, -0.2) is 0 Å². The molecule has 174 valence electrons. The van der Waals surface area contributed by atoms with Gasteiger partial charge in [-0.2, -0.15) is 5.26 Å². The Morgan fingerprint density at radius 1 is 1.12 bits per heavy atom. The Hall–Kier alpha value is -4.25. The first-order valence-corrected chi connectivity index (χ1v) is 11.1. The van der Waals surface area contributed by atoms with Gasteiger partial charge in [0.15, 0.2) is 11.5 Å². The molecule has 0 amide bonds. The molecule has 34 heavy (non-hydrogen) atoms. The lowest BCUT2D eigenvalue weighted by Gasteiger charge is -2.28. The van der Waals surface area contributed by atoms with Gasteiger partial charge >= 0.3 is 0 Å². The van der Waals surface area contributed by atoms with E-state index in [4.69, 9.17) is 19.9 Å². The molecule has 1 unspecified atom stereocenters. The van der Waals surface area contributed by atoms with Gasteiger partial charge in [-0.15, -0.1) is 0 Å². The highest BCUT2D eigenvalue weighted by atomic mass is 16.5. The third-order valence-corrected chi connectivity index (χ3v) is 5.68. The van der Waals surface area contributed by atoms with Crippen molar-refractivity contribution in [1.82, 2.24) is 9.55 Å². The molecule has 1 aliphatic rings. The third kappa shape index (κ3) is 4.20. The van der Waals surface area contributed by atoms with E-state index >= 15 is 0 Å². The van der Waals surface area contributed by atoms with Crippen LogP contribution in [0.4, 0.5) is 0 Å². The van der Waals surface area contributed by atoms with Crippen LogP contribution in [0.3, 0.4) is 0 Å². The van der Waals surface area contributed by atoms with Crippen molar-refractivity contribution in [2.75, 3.05) is 13.2 Å². The molecule has 0 spiro atoms. The van der Waals surface area contributed by atoms with Crippen molar-refractivity contribution in [3.05, 3.63) is 93.0 Å². The summed E-state index contributed by atoms with van der Waals surface area (Å²) in [5, 5.41) is 9.94. The molecule has 0 saturated carbocycles. The summed E-state index contributed by atoms with van der Waals surface area (Å²) >= 11 is 0. The van der Waals surface area contributed by atoms with Crippen LogP contribution in [0.15, 0.2) is 65.0 Å². The Kier molecular flexibility index (Phi) is 6.55. The number of nitrogens with two attached hydrogens (primary N) is 1. The van der Waals surface area contributed by atoms with Crippen molar-refractivity contribution < 1.29 is 14.2 Å². The van der Waals surface area contributed by atoms with E-state index in [9.17, 15) is 10.1 Å². The number of aromatic nitrogens is 2. The Bertz CT molecular complexity index is 1340. The summed E-state index contributed by atoms with van der Waals surface area (Å²) in [5.74, 6) is 0.754. The fourth-order valence-electron chi connectivity index (χ4n) is 4.13. The molecular weight excluding hydrogens is 432 g/mol. The number of nitriles is 1. The number of hydrogen-bond donors (Lipinski definition) is 1. The summed E-state index contributed by atoms with van der Waals surface area (Å²) in [4.78, 5) is 17.9. The van der Waals surface area contributed by atoms with Crippen molar-refractivity contribution >= 4 is 0 Å². The van der Waals surface area contributed by atoms with Crippen LogP contribution in [-0.2, 0) is 6.54 Å². The van der Waals surface area contributed by atoms with Crippen molar-refractivity contribution in [2.24, 2.45) is 5.73 Å². The van der Waals surface area contributed by atoms with E-state index in [1.807, 2.05) is 39.0 Å². The molecule has 4 rings (SSSR count). The molecule has 0 bridgehead atoms. The van der Waals surface area contributed by atoms with E-state index < -0.39 is 5.92 Å². The van der Waals surface area contributed by atoms with Crippen LogP contribution in [0.25, 0.3) is 0 Å². The van der Waals surface area contributed by atoms with Crippen molar-refractivity contribution in [2.45, 2.75) is 33.2 Å². The van der Waals surface area contributed by atoms with Gasteiger partial charge in [-0.05, 0) is 56.2 Å². The Morgan fingerprint density at radius 2 is 1.82 bits per heavy atom. The smallest absolute Gasteiger partial charge is 0.259 e. The van der Waals surface area contributed by atoms with Crippen molar-refractivity contribution in [1.29, 1.82) is 5.26 Å². The van der Waals surface area contributed by atoms with Crippen molar-refractivity contribution in [3.8, 4) is 23.3 Å². The number of pyridine rings is 2. The Morgan fingerprint density at radius 3 is 2.50 bits per heavy atom. The summed E-state index contributed by atoms with van der Waals surface area (Å²) in [6.45, 7) is 6.89. The van der Waals surface area contributed by atoms with Gasteiger partial charge in [0.2, 0.25) is 5.88 Å². The first-order chi connectivity index (χ1) is 16.5. The van der Waals surface area contributed by atoms with E-state index in [0.717, 1.165) is 5.56 Å². The lowest BCUT2D eigenvalue weighted by atomic mass is 9.84. The van der Waals surface area contributed by atoms with Crippen LogP contribution in [0.1, 0.15) is 42.1 Å². The summed E-state index contributed by atoms with van der Waals surface area (Å²) in [7, 11) is 0.